The third kappa shape index (κ3) is 3.43. The van der Waals surface area contributed by atoms with E-state index in [0.29, 0.717) is 30.6 Å². The molecular formula is C23H23N4O3+. The SMILES string of the molecule is CCOc1ccc([C@@H]2[NH+]=C(Nc3nc4ccccc4o3)NC3=CCCC(=O)[C@H]32)cc1. The van der Waals surface area contributed by atoms with E-state index in [-0.39, 0.29) is 17.7 Å². The van der Waals surface area contributed by atoms with Crippen molar-refractivity contribution in [2.75, 3.05) is 11.9 Å². The highest BCUT2D eigenvalue weighted by atomic mass is 16.5. The fourth-order valence-corrected chi connectivity index (χ4v) is 4.05. The molecular weight excluding hydrogens is 380 g/mol. The van der Waals surface area contributed by atoms with Gasteiger partial charge in [0.2, 0.25) is 0 Å². The summed E-state index contributed by atoms with van der Waals surface area (Å²) in [6.45, 7) is 2.57. The Hall–Kier alpha value is -3.61. The highest BCUT2D eigenvalue weighted by Crippen LogP contribution is 2.31. The van der Waals surface area contributed by atoms with Crippen LogP contribution in [0.3, 0.4) is 0 Å². The number of hydrogen-bond donors (Lipinski definition) is 3. The van der Waals surface area contributed by atoms with E-state index in [0.717, 1.165) is 28.9 Å². The first kappa shape index (κ1) is 18.4. The number of hydrogen-bond acceptors (Lipinski definition) is 6. The first-order chi connectivity index (χ1) is 14.7. The molecule has 0 bridgehead atoms. The van der Waals surface area contributed by atoms with Crippen LogP contribution in [0.5, 0.6) is 5.75 Å². The lowest BCUT2D eigenvalue weighted by atomic mass is 9.81. The number of Topliss-reactive ketones (excluding diaryl/α,β-unsaturated/α-hetero) is 1. The molecule has 0 saturated carbocycles. The molecule has 0 fully saturated rings. The number of rotatable bonds is 4. The molecule has 2 aliphatic rings. The van der Waals surface area contributed by atoms with Crippen LogP contribution < -0.4 is 20.4 Å². The molecule has 0 amide bonds. The minimum atomic E-state index is -0.258. The van der Waals surface area contributed by atoms with E-state index in [9.17, 15) is 4.79 Å². The Kier molecular flexibility index (Phi) is 4.71. The van der Waals surface area contributed by atoms with Gasteiger partial charge in [0, 0.05) is 6.42 Å². The minimum absolute atomic E-state index is 0.201. The Morgan fingerprint density at radius 2 is 2.07 bits per heavy atom. The second kappa shape index (κ2) is 7.67. The van der Waals surface area contributed by atoms with Crippen molar-refractivity contribution >= 4 is 28.9 Å². The fourth-order valence-electron chi connectivity index (χ4n) is 4.05. The van der Waals surface area contributed by atoms with Gasteiger partial charge in [-0.3, -0.25) is 9.79 Å². The summed E-state index contributed by atoms with van der Waals surface area (Å²) in [5, 5.41) is 6.51. The zero-order valence-corrected chi connectivity index (χ0v) is 16.6. The summed E-state index contributed by atoms with van der Waals surface area (Å²) in [5.41, 5.74) is 3.42. The average molecular weight is 403 g/mol. The number of benzene rings is 2. The monoisotopic (exact) mass is 403 g/mol. The molecule has 0 spiro atoms. The number of carbonyl (C=O) groups excluding carboxylic acids is 1. The van der Waals surface area contributed by atoms with Crippen molar-refractivity contribution in [2.24, 2.45) is 5.92 Å². The summed E-state index contributed by atoms with van der Waals surface area (Å²) in [6.07, 6.45) is 3.39. The number of ether oxygens (including phenoxy) is 1. The molecule has 3 aromatic rings. The molecule has 1 aromatic heterocycles. The molecule has 7 heteroatoms. The topological polar surface area (TPSA) is 90.4 Å². The summed E-state index contributed by atoms with van der Waals surface area (Å²) in [5.74, 6) is 1.42. The number of nitrogens with one attached hydrogen (secondary N) is 3. The summed E-state index contributed by atoms with van der Waals surface area (Å²) in [4.78, 5) is 20.7. The maximum atomic E-state index is 12.8. The number of carbonyl (C=O) groups is 1. The van der Waals surface area contributed by atoms with Crippen molar-refractivity contribution in [1.82, 2.24) is 10.3 Å². The Labute approximate surface area is 173 Å². The molecule has 0 radical (unpaired) electrons. The molecule has 5 rings (SSSR count). The smallest absolute Gasteiger partial charge is 0.365 e. The predicted molar refractivity (Wildman–Crippen MR) is 113 cm³/mol. The van der Waals surface area contributed by atoms with E-state index in [2.05, 4.69) is 26.7 Å². The number of ketones is 1. The maximum absolute atomic E-state index is 12.8. The van der Waals surface area contributed by atoms with Gasteiger partial charge in [0.25, 0.3) is 0 Å². The summed E-state index contributed by atoms with van der Waals surface area (Å²) >= 11 is 0. The first-order valence-corrected chi connectivity index (χ1v) is 10.2. The van der Waals surface area contributed by atoms with Gasteiger partial charge in [0.1, 0.15) is 29.0 Å². The van der Waals surface area contributed by atoms with Gasteiger partial charge in [-0.2, -0.15) is 10.3 Å². The number of anilines is 1. The van der Waals surface area contributed by atoms with Crippen molar-refractivity contribution < 1.29 is 18.9 Å². The summed E-state index contributed by atoms with van der Waals surface area (Å²) in [7, 11) is 0. The van der Waals surface area contributed by atoms with Crippen LogP contribution in [0.2, 0.25) is 0 Å². The molecule has 2 aromatic carbocycles. The van der Waals surface area contributed by atoms with Gasteiger partial charge in [-0.25, -0.2) is 5.32 Å². The second-order valence-electron chi connectivity index (χ2n) is 7.38. The van der Waals surface area contributed by atoms with Crippen LogP contribution in [-0.2, 0) is 4.79 Å². The molecule has 0 saturated heterocycles. The van der Waals surface area contributed by atoms with Gasteiger partial charge in [-0.05, 0) is 49.2 Å². The zero-order chi connectivity index (χ0) is 20.5. The van der Waals surface area contributed by atoms with Crippen LogP contribution in [0.25, 0.3) is 11.1 Å². The molecule has 1 aliphatic carbocycles. The molecule has 0 unspecified atom stereocenters. The molecule has 2 atom stereocenters. The number of nitrogens with zero attached hydrogens (tertiary/aromatic N) is 1. The number of aromatic nitrogens is 1. The van der Waals surface area contributed by atoms with Crippen LogP contribution in [0.1, 0.15) is 31.4 Å². The lowest BCUT2D eigenvalue weighted by Crippen LogP contribution is -2.84. The van der Waals surface area contributed by atoms with Gasteiger partial charge in [0.05, 0.1) is 12.3 Å². The van der Waals surface area contributed by atoms with Crippen LogP contribution in [0.15, 0.2) is 64.7 Å². The molecule has 152 valence electrons. The lowest BCUT2D eigenvalue weighted by Gasteiger charge is -2.30. The van der Waals surface area contributed by atoms with E-state index in [1.54, 1.807) is 0 Å². The predicted octanol–water partition coefficient (Wildman–Crippen LogP) is 2.28. The van der Waals surface area contributed by atoms with Crippen LogP contribution >= 0.6 is 0 Å². The zero-order valence-electron chi connectivity index (χ0n) is 16.6. The highest BCUT2D eigenvalue weighted by molar-refractivity contribution is 5.93. The largest absolute Gasteiger partial charge is 0.494 e. The molecule has 1 aliphatic heterocycles. The van der Waals surface area contributed by atoms with Crippen LogP contribution in [0, 0.1) is 5.92 Å². The standard InChI is InChI=1S/C23H22N4O3/c1-2-29-15-12-10-14(11-13-15)21-20-17(7-5-8-18(20)28)24-22(26-21)27-23-25-16-6-3-4-9-19(16)30-23/h3-4,6-7,9-13,20-21H,2,5,8H2,1H3,(H2,24,25,26,27)/p+1/t20-,21-/m0/s1. The highest BCUT2D eigenvalue weighted by Gasteiger charge is 2.41. The van der Waals surface area contributed by atoms with Gasteiger partial charge < -0.3 is 9.15 Å². The Balaban J connectivity index is 1.49. The van der Waals surface area contributed by atoms with Crippen molar-refractivity contribution in [2.45, 2.75) is 25.8 Å². The van der Waals surface area contributed by atoms with Crippen molar-refractivity contribution in [3.63, 3.8) is 0 Å². The lowest BCUT2D eigenvalue weighted by molar-refractivity contribution is -0.522. The number of guanidine groups is 1. The van der Waals surface area contributed by atoms with E-state index in [4.69, 9.17) is 9.15 Å². The minimum Gasteiger partial charge on any atom is -0.494 e. The normalized spacial score (nSPS) is 20.8. The third-order valence-corrected chi connectivity index (χ3v) is 5.42. The third-order valence-electron chi connectivity index (χ3n) is 5.42. The Bertz CT molecular complexity index is 1110. The fraction of sp³-hybridized carbons (Fsp3) is 0.261. The van der Waals surface area contributed by atoms with Gasteiger partial charge in [-0.15, -0.1) is 0 Å². The van der Waals surface area contributed by atoms with Gasteiger partial charge >= 0.3 is 12.0 Å². The van der Waals surface area contributed by atoms with Crippen molar-refractivity contribution in [3.05, 3.63) is 65.9 Å². The Morgan fingerprint density at radius 1 is 1.23 bits per heavy atom. The van der Waals surface area contributed by atoms with Crippen molar-refractivity contribution in [1.29, 1.82) is 0 Å². The average Bonchev–Trinajstić information content (AvgIpc) is 3.16. The van der Waals surface area contributed by atoms with Crippen molar-refractivity contribution in [3.8, 4) is 5.75 Å². The molecule has 30 heavy (non-hydrogen) atoms. The summed E-state index contributed by atoms with van der Waals surface area (Å²) in [6, 6.07) is 15.7. The van der Waals surface area contributed by atoms with Gasteiger partial charge in [-0.1, -0.05) is 24.3 Å². The first-order valence-electron chi connectivity index (χ1n) is 10.2. The molecule has 7 nitrogen and oxygen atoms in total. The van der Waals surface area contributed by atoms with E-state index >= 15 is 0 Å². The number of fused-ring (bicyclic) bond motifs is 2. The van der Waals surface area contributed by atoms with E-state index in [1.165, 1.54) is 0 Å². The summed E-state index contributed by atoms with van der Waals surface area (Å²) < 4.78 is 11.3. The van der Waals surface area contributed by atoms with Crippen LogP contribution in [-0.4, -0.2) is 23.3 Å². The number of oxazole rings is 1. The van der Waals surface area contributed by atoms with E-state index < -0.39 is 0 Å². The number of para-hydroxylation sites is 2. The quantitative estimate of drug-likeness (QED) is 0.619. The van der Waals surface area contributed by atoms with Crippen LogP contribution in [0.4, 0.5) is 6.01 Å². The maximum Gasteiger partial charge on any atom is 0.365 e. The van der Waals surface area contributed by atoms with Gasteiger partial charge in [0.15, 0.2) is 5.58 Å². The second-order valence-corrected chi connectivity index (χ2v) is 7.38. The Morgan fingerprint density at radius 3 is 2.87 bits per heavy atom. The van der Waals surface area contributed by atoms with E-state index in [1.807, 2.05) is 55.5 Å². The number of allylic oxidation sites excluding steroid dienone is 1. The molecule has 3 N–H and O–H groups in total. The molecule has 2 heterocycles.